The van der Waals surface area contributed by atoms with Gasteiger partial charge >= 0.3 is 12.0 Å². The lowest BCUT2D eigenvalue weighted by atomic mass is 10.4. The minimum atomic E-state index is -1.16. The molecule has 0 aromatic carbocycles. The minimum absolute atomic E-state index is 0.568. The number of carbonyl (C=O) groups is 2. The Morgan fingerprint density at radius 2 is 2.38 bits per heavy atom. The number of rotatable bonds is 4. The van der Waals surface area contributed by atoms with Gasteiger partial charge in [-0.25, -0.2) is 15.1 Å². The van der Waals surface area contributed by atoms with Crippen LogP contribution in [-0.4, -0.2) is 35.7 Å². The molecule has 86 valence electrons. The number of pyridine rings is 1. The highest BCUT2D eigenvalue weighted by Gasteiger charge is 2.10. The van der Waals surface area contributed by atoms with Gasteiger partial charge in [0.05, 0.1) is 11.9 Å². The van der Waals surface area contributed by atoms with E-state index in [1.54, 1.807) is 18.3 Å². The van der Waals surface area contributed by atoms with E-state index < -0.39 is 18.6 Å². The first-order valence-corrected chi connectivity index (χ1v) is 4.38. The van der Waals surface area contributed by atoms with Gasteiger partial charge in [-0.1, -0.05) is 0 Å². The third kappa shape index (κ3) is 3.54. The summed E-state index contributed by atoms with van der Waals surface area (Å²) in [5.74, 6) is -1.16. The molecule has 0 saturated heterocycles. The number of nitrogens with zero attached hydrogens (tertiary/aromatic N) is 2. The third-order valence-electron chi connectivity index (χ3n) is 1.69. The maximum absolute atomic E-state index is 11.4. The van der Waals surface area contributed by atoms with Gasteiger partial charge in [0.2, 0.25) is 0 Å². The number of carboxylic acids is 1. The molecule has 1 heterocycles. The predicted octanol–water partition coefficient (Wildman–Crippen LogP) is 0.244. The largest absolute Gasteiger partial charge is 0.479 e. The van der Waals surface area contributed by atoms with Crippen LogP contribution < -0.4 is 10.4 Å². The molecule has 0 spiro atoms. The fourth-order valence-electron chi connectivity index (χ4n) is 0.897. The second-order valence-corrected chi connectivity index (χ2v) is 2.86. The van der Waals surface area contributed by atoms with E-state index in [9.17, 15) is 9.59 Å². The number of carbonyl (C=O) groups excluding carboxylic acids is 1. The monoisotopic (exact) mass is 225 g/mol. The van der Waals surface area contributed by atoms with E-state index in [1.807, 2.05) is 5.48 Å². The van der Waals surface area contributed by atoms with Crippen molar-refractivity contribution in [2.24, 2.45) is 0 Å². The van der Waals surface area contributed by atoms with E-state index in [4.69, 9.17) is 5.11 Å². The standard InChI is InChI=1S/C9H11N3O4/c1-12(7-3-2-4-10-5-7)9(15)11-16-6-8(13)14/h2-5H,6H2,1H3,(H,11,15)(H,13,14). The summed E-state index contributed by atoms with van der Waals surface area (Å²) in [5.41, 5.74) is 2.56. The molecule has 0 saturated carbocycles. The number of anilines is 1. The van der Waals surface area contributed by atoms with E-state index in [-0.39, 0.29) is 0 Å². The molecule has 1 aromatic heterocycles. The van der Waals surface area contributed by atoms with Crippen LogP contribution in [-0.2, 0) is 9.63 Å². The highest BCUT2D eigenvalue weighted by Crippen LogP contribution is 2.08. The van der Waals surface area contributed by atoms with Crippen molar-refractivity contribution in [3.8, 4) is 0 Å². The summed E-state index contributed by atoms with van der Waals surface area (Å²) in [6.45, 7) is -0.591. The number of aliphatic carboxylic acids is 1. The Bertz CT molecular complexity index is 368. The van der Waals surface area contributed by atoms with Gasteiger partial charge in [0.25, 0.3) is 0 Å². The van der Waals surface area contributed by atoms with E-state index >= 15 is 0 Å². The Hall–Kier alpha value is -2.15. The molecule has 0 atom stereocenters. The van der Waals surface area contributed by atoms with E-state index in [0.29, 0.717) is 5.69 Å². The van der Waals surface area contributed by atoms with Crippen molar-refractivity contribution in [2.45, 2.75) is 0 Å². The summed E-state index contributed by atoms with van der Waals surface area (Å²) >= 11 is 0. The first-order chi connectivity index (χ1) is 7.61. The number of urea groups is 1. The fraction of sp³-hybridized carbons (Fsp3) is 0.222. The van der Waals surface area contributed by atoms with Crippen LogP contribution in [0.25, 0.3) is 0 Å². The van der Waals surface area contributed by atoms with Crippen LogP contribution in [0, 0.1) is 0 Å². The van der Waals surface area contributed by atoms with Crippen LogP contribution in [0.5, 0.6) is 0 Å². The Morgan fingerprint density at radius 1 is 1.62 bits per heavy atom. The third-order valence-corrected chi connectivity index (χ3v) is 1.69. The SMILES string of the molecule is CN(C(=O)NOCC(=O)O)c1cccnc1. The summed E-state index contributed by atoms with van der Waals surface area (Å²) in [7, 11) is 1.51. The highest BCUT2D eigenvalue weighted by molar-refractivity contribution is 5.90. The maximum Gasteiger partial charge on any atom is 0.345 e. The van der Waals surface area contributed by atoms with E-state index in [0.717, 1.165) is 0 Å². The number of hydrogen-bond donors (Lipinski definition) is 2. The topological polar surface area (TPSA) is 91.8 Å². The second kappa shape index (κ2) is 5.66. The van der Waals surface area contributed by atoms with Gasteiger partial charge in [0.15, 0.2) is 6.61 Å². The lowest BCUT2D eigenvalue weighted by Gasteiger charge is -2.16. The summed E-state index contributed by atoms with van der Waals surface area (Å²) in [5, 5.41) is 8.28. The van der Waals surface area contributed by atoms with E-state index in [1.165, 1.54) is 18.1 Å². The normalized spacial score (nSPS) is 9.56. The molecule has 0 aliphatic rings. The van der Waals surface area contributed by atoms with Crippen molar-refractivity contribution in [1.29, 1.82) is 0 Å². The van der Waals surface area contributed by atoms with Crippen molar-refractivity contribution < 1.29 is 19.5 Å². The van der Waals surface area contributed by atoms with Crippen molar-refractivity contribution in [1.82, 2.24) is 10.5 Å². The number of hydroxylamine groups is 1. The van der Waals surface area contributed by atoms with Crippen LogP contribution in [0.2, 0.25) is 0 Å². The molecule has 1 aromatic rings. The van der Waals surface area contributed by atoms with Crippen LogP contribution >= 0.6 is 0 Å². The molecular formula is C9H11N3O4. The van der Waals surface area contributed by atoms with Gasteiger partial charge in [-0.2, -0.15) is 0 Å². The number of carboxylic acid groups (broad SMARTS) is 1. The first kappa shape index (κ1) is 11.9. The molecule has 0 aliphatic carbocycles. The molecular weight excluding hydrogens is 214 g/mol. The molecule has 0 fully saturated rings. The molecule has 2 N–H and O–H groups in total. The summed E-state index contributed by atoms with van der Waals surface area (Å²) in [6, 6.07) is 2.79. The lowest BCUT2D eigenvalue weighted by molar-refractivity contribution is -0.143. The van der Waals surface area contributed by atoms with Gasteiger partial charge in [0.1, 0.15) is 0 Å². The number of amides is 2. The Labute approximate surface area is 91.6 Å². The molecule has 0 bridgehead atoms. The molecule has 16 heavy (non-hydrogen) atoms. The zero-order valence-electron chi connectivity index (χ0n) is 8.58. The number of nitrogens with one attached hydrogen (secondary N) is 1. The van der Waals surface area contributed by atoms with Crippen LogP contribution in [0.1, 0.15) is 0 Å². The second-order valence-electron chi connectivity index (χ2n) is 2.86. The van der Waals surface area contributed by atoms with Crippen LogP contribution in [0.4, 0.5) is 10.5 Å². The minimum Gasteiger partial charge on any atom is -0.479 e. The first-order valence-electron chi connectivity index (χ1n) is 4.38. The molecule has 0 unspecified atom stereocenters. The van der Waals surface area contributed by atoms with Crippen molar-refractivity contribution >= 4 is 17.7 Å². The van der Waals surface area contributed by atoms with Crippen molar-refractivity contribution in [3.63, 3.8) is 0 Å². The fourth-order valence-corrected chi connectivity index (χ4v) is 0.897. The highest BCUT2D eigenvalue weighted by atomic mass is 16.7. The number of hydrogen-bond acceptors (Lipinski definition) is 4. The average molecular weight is 225 g/mol. The average Bonchev–Trinajstić information content (AvgIpc) is 2.28. The molecule has 1 rings (SSSR count). The van der Waals surface area contributed by atoms with Gasteiger partial charge in [-0.3, -0.25) is 14.7 Å². The molecule has 0 aliphatic heterocycles. The molecule has 7 heteroatoms. The molecule has 7 nitrogen and oxygen atoms in total. The smallest absolute Gasteiger partial charge is 0.345 e. The Balaban J connectivity index is 2.45. The van der Waals surface area contributed by atoms with Crippen LogP contribution in [0.3, 0.4) is 0 Å². The predicted molar refractivity (Wildman–Crippen MR) is 54.8 cm³/mol. The van der Waals surface area contributed by atoms with Gasteiger partial charge in [-0.15, -0.1) is 0 Å². The summed E-state index contributed by atoms with van der Waals surface area (Å²) < 4.78 is 0. The van der Waals surface area contributed by atoms with Gasteiger partial charge in [0, 0.05) is 13.2 Å². The van der Waals surface area contributed by atoms with Crippen molar-refractivity contribution in [3.05, 3.63) is 24.5 Å². The molecule has 0 radical (unpaired) electrons. The van der Waals surface area contributed by atoms with E-state index in [2.05, 4.69) is 9.82 Å². The summed E-state index contributed by atoms with van der Waals surface area (Å²) in [6.07, 6.45) is 3.08. The van der Waals surface area contributed by atoms with Gasteiger partial charge < -0.3 is 5.11 Å². The van der Waals surface area contributed by atoms with Crippen LogP contribution in [0.15, 0.2) is 24.5 Å². The zero-order chi connectivity index (χ0) is 12.0. The maximum atomic E-state index is 11.4. The quantitative estimate of drug-likeness (QED) is 0.716. The zero-order valence-corrected chi connectivity index (χ0v) is 8.58. The lowest BCUT2D eigenvalue weighted by Crippen LogP contribution is -2.38. The Morgan fingerprint density at radius 3 is 2.94 bits per heavy atom. The Kier molecular flexibility index (Phi) is 4.22. The number of aromatic nitrogens is 1. The summed E-state index contributed by atoms with van der Waals surface area (Å²) in [4.78, 5) is 31.0. The van der Waals surface area contributed by atoms with Crippen molar-refractivity contribution in [2.75, 3.05) is 18.6 Å². The molecule has 2 amide bonds. The van der Waals surface area contributed by atoms with Gasteiger partial charge in [-0.05, 0) is 12.1 Å².